The molecule has 0 aromatic carbocycles. The Morgan fingerprint density at radius 1 is 1.38 bits per heavy atom. The molecule has 2 heterocycles. The zero-order chi connectivity index (χ0) is 9.42. The Hall–Kier alpha value is -1.19. The molecule has 0 N–H and O–H groups in total. The number of amides is 1. The molecule has 1 fully saturated rings. The minimum Gasteiger partial charge on any atom is -0.334 e. The first-order valence-corrected chi connectivity index (χ1v) is 4.59. The Kier molecular flexibility index (Phi) is 1.90. The molecule has 13 heavy (non-hydrogen) atoms. The van der Waals surface area contributed by atoms with Gasteiger partial charge in [-0.15, -0.1) is 0 Å². The molecule has 1 saturated heterocycles. The van der Waals surface area contributed by atoms with Crippen molar-refractivity contribution in [2.45, 2.75) is 26.3 Å². The molecule has 2 aliphatic rings. The van der Waals surface area contributed by atoms with Crippen molar-refractivity contribution in [3.63, 3.8) is 0 Å². The van der Waals surface area contributed by atoms with Crippen LogP contribution in [0.2, 0.25) is 0 Å². The van der Waals surface area contributed by atoms with E-state index in [1.807, 2.05) is 18.7 Å². The number of carbonyl (C=O) groups is 1. The first-order valence-electron chi connectivity index (χ1n) is 4.59. The van der Waals surface area contributed by atoms with Crippen LogP contribution in [0.25, 0.3) is 0 Å². The normalized spacial score (nSPS) is 21.8. The fraction of sp³-hybridized carbons (Fsp3) is 0.667. The van der Waals surface area contributed by atoms with Crippen molar-refractivity contribution >= 4 is 17.3 Å². The maximum atomic E-state index is 11.8. The van der Waals surface area contributed by atoms with E-state index in [-0.39, 0.29) is 11.9 Å². The summed E-state index contributed by atoms with van der Waals surface area (Å²) in [4.78, 5) is 21.9. The molecule has 4 heteroatoms. The average Bonchev–Trinajstić information content (AvgIpc) is 2.52. The predicted octanol–water partition coefficient (Wildman–Crippen LogP) is 0.480. The molecule has 0 radical (unpaired) electrons. The number of hydrogen-bond donors (Lipinski definition) is 0. The second-order valence-electron chi connectivity index (χ2n) is 3.60. The van der Waals surface area contributed by atoms with E-state index in [1.54, 1.807) is 0 Å². The topological polar surface area (TPSA) is 45.0 Å². The number of hydrogen-bond acceptors (Lipinski definition) is 3. The van der Waals surface area contributed by atoms with Gasteiger partial charge in [0.05, 0.1) is 5.71 Å². The van der Waals surface area contributed by atoms with E-state index in [0.29, 0.717) is 12.4 Å². The van der Waals surface area contributed by atoms with E-state index in [9.17, 15) is 4.79 Å². The van der Waals surface area contributed by atoms with Crippen LogP contribution in [0, 0.1) is 0 Å². The van der Waals surface area contributed by atoms with Gasteiger partial charge in [0.2, 0.25) is 0 Å². The van der Waals surface area contributed by atoms with Gasteiger partial charge in [-0.25, -0.2) is 0 Å². The van der Waals surface area contributed by atoms with Crippen LogP contribution in [-0.4, -0.2) is 41.5 Å². The van der Waals surface area contributed by atoms with Gasteiger partial charge in [0.15, 0.2) is 0 Å². The maximum Gasteiger partial charge on any atom is 0.274 e. The quantitative estimate of drug-likeness (QED) is 0.577. The van der Waals surface area contributed by atoms with Crippen LogP contribution in [-0.2, 0) is 4.79 Å². The van der Waals surface area contributed by atoms with Gasteiger partial charge in [0.1, 0.15) is 12.4 Å². The summed E-state index contributed by atoms with van der Waals surface area (Å²) < 4.78 is 0. The van der Waals surface area contributed by atoms with E-state index in [2.05, 4.69) is 9.98 Å². The number of carbonyl (C=O) groups excluding carboxylic acids is 1. The average molecular weight is 179 g/mol. The van der Waals surface area contributed by atoms with E-state index in [1.165, 1.54) is 0 Å². The zero-order valence-corrected chi connectivity index (χ0v) is 7.95. The molecule has 4 nitrogen and oxygen atoms in total. The Bertz CT molecular complexity index is 304. The van der Waals surface area contributed by atoms with Crippen LogP contribution in [0.5, 0.6) is 0 Å². The van der Waals surface area contributed by atoms with Crippen molar-refractivity contribution in [2.24, 2.45) is 9.98 Å². The van der Waals surface area contributed by atoms with Gasteiger partial charge < -0.3 is 4.90 Å². The SMILES string of the molecule is CC(C)N1CCC2=NCN=C2C1=O. The third-order valence-electron chi connectivity index (χ3n) is 2.44. The lowest BCUT2D eigenvalue weighted by Crippen LogP contribution is -2.48. The molecule has 0 aromatic rings. The summed E-state index contributed by atoms with van der Waals surface area (Å²) >= 11 is 0. The highest BCUT2D eigenvalue weighted by atomic mass is 16.2. The van der Waals surface area contributed by atoms with Gasteiger partial charge in [-0.1, -0.05) is 0 Å². The summed E-state index contributed by atoms with van der Waals surface area (Å²) in [7, 11) is 0. The minimum atomic E-state index is 0.0532. The smallest absolute Gasteiger partial charge is 0.274 e. The molecule has 2 rings (SSSR count). The van der Waals surface area contributed by atoms with Crippen molar-refractivity contribution in [2.75, 3.05) is 13.2 Å². The van der Waals surface area contributed by atoms with Gasteiger partial charge in [-0.3, -0.25) is 14.8 Å². The summed E-state index contributed by atoms with van der Waals surface area (Å²) in [6.45, 7) is 5.28. The van der Waals surface area contributed by atoms with Crippen LogP contribution in [0.4, 0.5) is 0 Å². The Morgan fingerprint density at radius 2 is 2.15 bits per heavy atom. The largest absolute Gasteiger partial charge is 0.334 e. The van der Waals surface area contributed by atoms with Gasteiger partial charge in [-0.05, 0) is 13.8 Å². The van der Waals surface area contributed by atoms with Crippen LogP contribution < -0.4 is 0 Å². The number of rotatable bonds is 1. The molecule has 0 saturated carbocycles. The highest BCUT2D eigenvalue weighted by Gasteiger charge is 2.32. The fourth-order valence-corrected chi connectivity index (χ4v) is 1.70. The number of nitrogens with zero attached hydrogens (tertiary/aromatic N) is 3. The number of likely N-dealkylation sites (tertiary alicyclic amines) is 1. The first kappa shape index (κ1) is 8.41. The standard InChI is InChI=1S/C9H13N3O/c1-6(2)12-4-3-7-8(9(12)13)11-5-10-7/h6H,3-5H2,1-2H3. The molecular formula is C9H13N3O. The van der Waals surface area contributed by atoms with Crippen LogP contribution in [0.1, 0.15) is 20.3 Å². The Balaban J connectivity index is 2.24. The second-order valence-corrected chi connectivity index (χ2v) is 3.60. The highest BCUT2D eigenvalue weighted by Crippen LogP contribution is 2.13. The lowest BCUT2D eigenvalue weighted by Gasteiger charge is -2.30. The Labute approximate surface area is 77.4 Å². The molecule has 1 amide bonds. The lowest BCUT2D eigenvalue weighted by atomic mass is 10.0. The summed E-state index contributed by atoms with van der Waals surface area (Å²) in [5, 5.41) is 0. The monoisotopic (exact) mass is 179 g/mol. The van der Waals surface area contributed by atoms with Crippen molar-refractivity contribution in [1.82, 2.24) is 4.90 Å². The molecule has 0 aliphatic carbocycles. The van der Waals surface area contributed by atoms with Crippen molar-refractivity contribution in [3.05, 3.63) is 0 Å². The zero-order valence-electron chi connectivity index (χ0n) is 7.95. The molecule has 0 bridgehead atoms. The van der Waals surface area contributed by atoms with Gasteiger partial charge in [0, 0.05) is 19.0 Å². The minimum absolute atomic E-state index is 0.0532. The number of piperidine rings is 1. The summed E-state index contributed by atoms with van der Waals surface area (Å²) in [6.07, 6.45) is 0.864. The van der Waals surface area contributed by atoms with Crippen LogP contribution >= 0.6 is 0 Å². The van der Waals surface area contributed by atoms with Gasteiger partial charge >= 0.3 is 0 Å². The van der Waals surface area contributed by atoms with E-state index >= 15 is 0 Å². The maximum absolute atomic E-state index is 11.8. The third kappa shape index (κ3) is 1.26. The molecule has 0 aromatic heterocycles. The lowest BCUT2D eigenvalue weighted by molar-refractivity contribution is -0.125. The molecule has 70 valence electrons. The molecule has 2 aliphatic heterocycles. The van der Waals surface area contributed by atoms with Crippen LogP contribution in [0.3, 0.4) is 0 Å². The van der Waals surface area contributed by atoms with Crippen molar-refractivity contribution in [3.8, 4) is 0 Å². The molecule has 0 atom stereocenters. The van der Waals surface area contributed by atoms with Gasteiger partial charge in [0.25, 0.3) is 5.91 Å². The molecule has 0 spiro atoms. The van der Waals surface area contributed by atoms with Crippen LogP contribution in [0.15, 0.2) is 9.98 Å². The number of aliphatic imine (C=N–C) groups is 2. The molecule has 0 unspecified atom stereocenters. The number of fused-ring (bicyclic) bond motifs is 1. The highest BCUT2D eigenvalue weighted by molar-refractivity contribution is 6.68. The van der Waals surface area contributed by atoms with Crippen molar-refractivity contribution < 1.29 is 4.79 Å². The van der Waals surface area contributed by atoms with Crippen molar-refractivity contribution in [1.29, 1.82) is 0 Å². The first-order chi connectivity index (χ1) is 6.20. The fourth-order valence-electron chi connectivity index (χ4n) is 1.70. The van der Waals surface area contributed by atoms with E-state index < -0.39 is 0 Å². The van der Waals surface area contributed by atoms with Gasteiger partial charge in [-0.2, -0.15) is 0 Å². The molecular weight excluding hydrogens is 166 g/mol. The summed E-state index contributed by atoms with van der Waals surface area (Å²) in [5.74, 6) is 0.0532. The summed E-state index contributed by atoms with van der Waals surface area (Å²) in [6, 6.07) is 0.261. The second kappa shape index (κ2) is 2.94. The Morgan fingerprint density at radius 3 is 2.85 bits per heavy atom. The third-order valence-corrected chi connectivity index (χ3v) is 2.44. The van der Waals surface area contributed by atoms with E-state index in [0.717, 1.165) is 18.7 Å². The summed E-state index contributed by atoms with van der Waals surface area (Å²) in [5.41, 5.74) is 1.50. The van der Waals surface area contributed by atoms with E-state index in [4.69, 9.17) is 0 Å². The predicted molar refractivity (Wildman–Crippen MR) is 51.2 cm³/mol.